The van der Waals surface area contributed by atoms with Crippen molar-refractivity contribution in [3.05, 3.63) is 77.3 Å². The Morgan fingerprint density at radius 1 is 1.05 bits per heavy atom. The van der Waals surface area contributed by atoms with E-state index in [-0.39, 0.29) is 11.4 Å². The molecule has 1 fully saturated rings. The van der Waals surface area contributed by atoms with Crippen molar-refractivity contribution in [2.24, 2.45) is 5.92 Å². The second kappa shape index (κ2) is 10.2. The number of ether oxygens (including phenoxy) is 1. The lowest BCUT2D eigenvalue weighted by molar-refractivity contribution is 0.0633. The van der Waals surface area contributed by atoms with Crippen molar-refractivity contribution in [2.45, 2.75) is 45.6 Å². The van der Waals surface area contributed by atoms with E-state index in [0.29, 0.717) is 38.6 Å². The van der Waals surface area contributed by atoms with Gasteiger partial charge in [-0.1, -0.05) is 23.7 Å². The first-order chi connectivity index (χ1) is 19.6. The molecule has 1 aliphatic carbocycles. The molecule has 0 spiro atoms. The average Bonchev–Trinajstić information content (AvgIpc) is 3.65. The summed E-state index contributed by atoms with van der Waals surface area (Å²) >= 11 is 6.49. The number of para-hydroxylation sites is 1. The van der Waals surface area contributed by atoms with Gasteiger partial charge in [-0.3, -0.25) is 14.9 Å². The number of carboxylic acids is 1. The van der Waals surface area contributed by atoms with Crippen LogP contribution in [0.15, 0.2) is 60.9 Å². The van der Waals surface area contributed by atoms with Crippen molar-refractivity contribution < 1.29 is 19.4 Å². The van der Waals surface area contributed by atoms with Crippen LogP contribution in [0.4, 0.5) is 10.6 Å². The Labute approximate surface area is 241 Å². The molecule has 9 nitrogen and oxygen atoms in total. The minimum Gasteiger partial charge on any atom is -0.478 e. The summed E-state index contributed by atoms with van der Waals surface area (Å²) in [7, 11) is 0. The summed E-state index contributed by atoms with van der Waals surface area (Å²) in [4.78, 5) is 38.5. The van der Waals surface area contributed by atoms with Gasteiger partial charge in [0.2, 0.25) is 0 Å². The van der Waals surface area contributed by atoms with Gasteiger partial charge in [0.05, 0.1) is 27.3 Å². The number of carbonyl (C=O) groups is 2. The van der Waals surface area contributed by atoms with Crippen molar-refractivity contribution >= 4 is 51.4 Å². The third-order valence-corrected chi connectivity index (χ3v) is 7.20. The predicted octanol–water partition coefficient (Wildman–Crippen LogP) is 7.29. The molecule has 3 heterocycles. The first-order valence-corrected chi connectivity index (χ1v) is 13.7. The smallest absolute Gasteiger partial charge is 0.413 e. The first kappa shape index (κ1) is 26.7. The van der Waals surface area contributed by atoms with Gasteiger partial charge >= 0.3 is 12.1 Å². The molecule has 2 N–H and O–H groups in total. The van der Waals surface area contributed by atoms with Crippen LogP contribution in [-0.4, -0.2) is 42.3 Å². The van der Waals surface area contributed by atoms with Crippen molar-refractivity contribution in [1.82, 2.24) is 19.5 Å². The van der Waals surface area contributed by atoms with E-state index in [1.807, 2.05) is 28.8 Å². The Bertz CT molecular complexity index is 1840. The third kappa shape index (κ3) is 5.45. The van der Waals surface area contributed by atoms with Gasteiger partial charge in [-0.05, 0) is 87.1 Å². The number of hydrogen-bond acceptors (Lipinski definition) is 6. The van der Waals surface area contributed by atoms with E-state index >= 15 is 0 Å². The lowest BCUT2D eigenvalue weighted by Crippen LogP contribution is -2.27. The Hall–Kier alpha value is -4.50. The number of nitrogens with zero attached hydrogens (tertiary/aromatic N) is 4. The zero-order chi connectivity index (χ0) is 28.9. The first-order valence-electron chi connectivity index (χ1n) is 13.4. The number of amides is 1. The van der Waals surface area contributed by atoms with Crippen molar-refractivity contribution in [2.75, 3.05) is 5.32 Å². The number of aromatic carboxylic acids is 1. The maximum atomic E-state index is 12.5. The molecule has 1 aliphatic rings. The lowest BCUT2D eigenvalue weighted by atomic mass is 10.0. The Kier molecular flexibility index (Phi) is 6.62. The number of nitrogens with one attached hydrogen (secondary N) is 1. The van der Waals surface area contributed by atoms with Gasteiger partial charge in [0, 0.05) is 24.2 Å². The lowest BCUT2D eigenvalue weighted by Gasteiger charge is -2.19. The summed E-state index contributed by atoms with van der Waals surface area (Å²) in [6, 6.07) is 14.5. The molecule has 0 bridgehead atoms. The Morgan fingerprint density at radius 3 is 2.56 bits per heavy atom. The molecular formula is C31H28ClN5O4. The van der Waals surface area contributed by atoms with Crippen LogP contribution in [0.3, 0.4) is 0 Å². The molecule has 0 atom stereocenters. The van der Waals surface area contributed by atoms with Crippen LogP contribution in [0.2, 0.25) is 5.02 Å². The minimum absolute atomic E-state index is 0.0863. The van der Waals surface area contributed by atoms with Crippen molar-refractivity contribution in [3.63, 3.8) is 0 Å². The van der Waals surface area contributed by atoms with Crippen LogP contribution in [0.5, 0.6) is 0 Å². The fourth-order valence-corrected chi connectivity index (χ4v) is 5.17. The number of aromatic nitrogens is 4. The molecule has 2 aromatic carbocycles. The van der Waals surface area contributed by atoms with Gasteiger partial charge in [-0.15, -0.1) is 0 Å². The van der Waals surface area contributed by atoms with Gasteiger partial charge in [-0.25, -0.2) is 19.6 Å². The SMILES string of the molecule is CC(C)(C)OC(=O)Nc1cc(-c2cc(C(=O)O)c3nc(CC4CC4)n(-c4ccnc5c(Cl)cccc45)c3c2)ccn1. The van der Waals surface area contributed by atoms with E-state index in [9.17, 15) is 14.7 Å². The number of carboxylic acid groups (broad SMARTS) is 1. The zero-order valence-electron chi connectivity index (χ0n) is 22.8. The summed E-state index contributed by atoms with van der Waals surface area (Å²) in [5.41, 5.74) is 3.28. The average molecular weight is 570 g/mol. The molecule has 1 saturated carbocycles. The summed E-state index contributed by atoms with van der Waals surface area (Å²) in [5.74, 6) is 0.503. The Morgan fingerprint density at radius 2 is 1.83 bits per heavy atom. The zero-order valence-corrected chi connectivity index (χ0v) is 23.6. The van der Waals surface area contributed by atoms with Gasteiger partial charge in [0.1, 0.15) is 22.8 Å². The van der Waals surface area contributed by atoms with Crippen LogP contribution >= 0.6 is 11.6 Å². The number of benzene rings is 2. The summed E-state index contributed by atoms with van der Waals surface area (Å²) in [6.07, 6.45) is 5.60. The fraction of sp³-hybridized carbons (Fsp3) is 0.258. The van der Waals surface area contributed by atoms with E-state index in [1.54, 1.807) is 57.4 Å². The third-order valence-electron chi connectivity index (χ3n) is 6.89. The van der Waals surface area contributed by atoms with Crippen LogP contribution in [0, 0.1) is 5.92 Å². The topological polar surface area (TPSA) is 119 Å². The normalized spacial score (nSPS) is 13.5. The highest BCUT2D eigenvalue weighted by molar-refractivity contribution is 6.35. The summed E-state index contributed by atoms with van der Waals surface area (Å²) in [6.45, 7) is 5.33. The molecule has 0 aliphatic heterocycles. The minimum atomic E-state index is -1.08. The van der Waals surface area contributed by atoms with Gasteiger partial charge in [0.15, 0.2) is 0 Å². The number of anilines is 1. The molecule has 41 heavy (non-hydrogen) atoms. The Balaban J connectivity index is 1.54. The maximum absolute atomic E-state index is 12.5. The van der Waals surface area contributed by atoms with E-state index in [0.717, 1.165) is 36.2 Å². The number of pyridine rings is 2. The molecule has 0 saturated heterocycles. The summed E-state index contributed by atoms with van der Waals surface area (Å²) in [5, 5.41) is 14.3. The highest BCUT2D eigenvalue weighted by atomic mass is 35.5. The second-order valence-electron chi connectivity index (χ2n) is 11.2. The number of carbonyl (C=O) groups excluding carboxylic acids is 1. The summed E-state index contributed by atoms with van der Waals surface area (Å²) < 4.78 is 7.38. The van der Waals surface area contributed by atoms with E-state index in [1.165, 1.54) is 0 Å². The van der Waals surface area contributed by atoms with Crippen LogP contribution in [-0.2, 0) is 11.2 Å². The largest absolute Gasteiger partial charge is 0.478 e. The molecule has 10 heteroatoms. The van der Waals surface area contributed by atoms with Crippen LogP contribution in [0.25, 0.3) is 38.8 Å². The number of hydrogen-bond donors (Lipinski definition) is 2. The highest BCUT2D eigenvalue weighted by Gasteiger charge is 2.28. The molecule has 6 rings (SSSR count). The van der Waals surface area contributed by atoms with Gasteiger partial charge in [0.25, 0.3) is 0 Å². The number of halogens is 1. The molecule has 3 aromatic heterocycles. The van der Waals surface area contributed by atoms with E-state index in [4.69, 9.17) is 21.3 Å². The fourth-order valence-electron chi connectivity index (χ4n) is 4.95. The van der Waals surface area contributed by atoms with Gasteiger partial charge in [-0.2, -0.15) is 0 Å². The van der Waals surface area contributed by atoms with E-state index in [2.05, 4.69) is 15.3 Å². The van der Waals surface area contributed by atoms with Crippen molar-refractivity contribution in [3.8, 4) is 16.8 Å². The van der Waals surface area contributed by atoms with Crippen LogP contribution in [0.1, 0.15) is 49.8 Å². The molecule has 5 aromatic rings. The number of fused-ring (bicyclic) bond motifs is 2. The maximum Gasteiger partial charge on any atom is 0.413 e. The van der Waals surface area contributed by atoms with E-state index < -0.39 is 17.7 Å². The monoisotopic (exact) mass is 569 g/mol. The molecular weight excluding hydrogens is 542 g/mol. The molecule has 1 amide bonds. The van der Waals surface area contributed by atoms with Crippen molar-refractivity contribution in [1.29, 1.82) is 0 Å². The number of rotatable bonds is 6. The van der Waals surface area contributed by atoms with Gasteiger partial charge < -0.3 is 9.84 Å². The molecule has 0 unspecified atom stereocenters. The molecule has 208 valence electrons. The highest BCUT2D eigenvalue weighted by Crippen LogP contribution is 2.38. The quantitative estimate of drug-likeness (QED) is 0.220. The van der Waals surface area contributed by atoms with Crippen LogP contribution < -0.4 is 5.32 Å². The molecule has 0 radical (unpaired) electrons. The number of imidazole rings is 1. The second-order valence-corrected chi connectivity index (χ2v) is 11.6. The standard InChI is InChI=1S/C31H28ClN5O4/c1-31(2,3)41-30(40)35-25-16-18(9-11-33-25)19-14-21(29(38)39)28-24(15-19)37(26(36-28)13-17-7-8-17)23-10-12-34-27-20(23)5-4-6-22(27)32/h4-6,9-12,14-17H,7-8,13H2,1-3H3,(H,38,39)(H,33,35,40). The predicted molar refractivity (Wildman–Crippen MR) is 158 cm³/mol.